The largest absolute Gasteiger partial charge is 0.462 e. The van der Waals surface area contributed by atoms with E-state index >= 15 is 0 Å². The van der Waals surface area contributed by atoms with Gasteiger partial charge in [0.05, 0.1) is 19.8 Å². The highest BCUT2D eigenvalue weighted by Crippen LogP contribution is 2.37. The molecule has 0 saturated heterocycles. The summed E-state index contributed by atoms with van der Waals surface area (Å²) < 4.78 is 16.0. The molecule has 4 aromatic rings. The Bertz CT molecular complexity index is 1790. The Hall–Kier alpha value is -5.69. The minimum Gasteiger partial charge on any atom is -0.462 e. The van der Waals surface area contributed by atoms with Crippen molar-refractivity contribution in [2.24, 2.45) is 0 Å². The van der Waals surface area contributed by atoms with Crippen LogP contribution < -0.4 is 4.90 Å². The van der Waals surface area contributed by atoms with Crippen molar-refractivity contribution in [1.82, 2.24) is 0 Å². The van der Waals surface area contributed by atoms with Crippen molar-refractivity contribution in [2.45, 2.75) is 47.0 Å². The van der Waals surface area contributed by atoms with Gasteiger partial charge in [-0.2, -0.15) is 0 Å². The van der Waals surface area contributed by atoms with Gasteiger partial charge in [0.1, 0.15) is 0 Å². The molecule has 0 spiro atoms. The van der Waals surface area contributed by atoms with Gasteiger partial charge >= 0.3 is 17.9 Å². The second-order valence-corrected chi connectivity index (χ2v) is 12.1. The number of hydrogen-bond donors (Lipinski definition) is 0. The van der Waals surface area contributed by atoms with E-state index in [-0.39, 0.29) is 19.8 Å². The fraction of sp³-hybridized carbons (Fsp3) is 0.233. The molecule has 0 aliphatic heterocycles. The van der Waals surface area contributed by atoms with Crippen LogP contribution >= 0.6 is 0 Å². The van der Waals surface area contributed by atoms with E-state index in [1.54, 1.807) is 0 Å². The number of aryl methyl sites for hydroxylation is 4. The summed E-state index contributed by atoms with van der Waals surface area (Å²) in [7, 11) is 0. The van der Waals surface area contributed by atoms with Gasteiger partial charge in [0.15, 0.2) is 0 Å². The van der Waals surface area contributed by atoms with Crippen LogP contribution in [0.25, 0.3) is 11.1 Å². The van der Waals surface area contributed by atoms with E-state index in [0.717, 1.165) is 63.1 Å². The predicted molar refractivity (Wildman–Crippen MR) is 200 cm³/mol. The van der Waals surface area contributed by atoms with E-state index in [1.807, 2.05) is 0 Å². The molecule has 0 N–H and O–H groups in total. The summed E-state index contributed by atoms with van der Waals surface area (Å²) in [6, 6.07) is 25.6. The second kappa shape index (κ2) is 17.6. The fourth-order valence-corrected chi connectivity index (χ4v) is 5.66. The SMILES string of the molecule is C=CC(=O)OCCc1cc(-c2ccc(N(c3ccc(C)c(C)c3)c3ccc(C)c(C)c3)cc2)cc(CCOC(=O)C=C)c1CCOC(=O)C=C. The van der Waals surface area contributed by atoms with Crippen LogP contribution in [-0.2, 0) is 47.9 Å². The molecule has 0 atom stereocenters. The van der Waals surface area contributed by atoms with Crippen molar-refractivity contribution in [3.63, 3.8) is 0 Å². The van der Waals surface area contributed by atoms with E-state index in [2.05, 4.69) is 125 Å². The van der Waals surface area contributed by atoms with Crippen molar-refractivity contribution in [3.05, 3.63) is 150 Å². The molecule has 0 aliphatic rings. The van der Waals surface area contributed by atoms with Gasteiger partial charge in [-0.15, -0.1) is 0 Å². The summed E-state index contributed by atoms with van der Waals surface area (Å²) >= 11 is 0. The van der Waals surface area contributed by atoms with E-state index in [9.17, 15) is 14.4 Å². The maximum atomic E-state index is 11.9. The molecule has 4 rings (SSSR count). The third-order valence-corrected chi connectivity index (χ3v) is 8.72. The fourth-order valence-electron chi connectivity index (χ4n) is 5.66. The minimum atomic E-state index is -0.514. The maximum Gasteiger partial charge on any atom is 0.330 e. The Balaban J connectivity index is 1.78. The average molecular weight is 672 g/mol. The molecule has 0 aliphatic carbocycles. The number of ether oxygens (including phenoxy) is 3. The van der Waals surface area contributed by atoms with Crippen molar-refractivity contribution in [3.8, 4) is 11.1 Å². The first-order valence-corrected chi connectivity index (χ1v) is 16.6. The number of nitrogens with zero attached hydrogens (tertiary/aromatic N) is 1. The van der Waals surface area contributed by atoms with Crippen LogP contribution in [0.15, 0.2) is 111 Å². The first kappa shape index (κ1) is 37.1. The van der Waals surface area contributed by atoms with Crippen LogP contribution in [-0.4, -0.2) is 37.7 Å². The zero-order chi connectivity index (χ0) is 36.2. The number of benzene rings is 4. The topological polar surface area (TPSA) is 82.1 Å². The van der Waals surface area contributed by atoms with Crippen molar-refractivity contribution in [1.29, 1.82) is 0 Å². The van der Waals surface area contributed by atoms with Crippen molar-refractivity contribution >= 4 is 35.0 Å². The Morgan fingerprint density at radius 2 is 0.920 bits per heavy atom. The standard InChI is InChI=1S/C43H45NO6/c1-8-41(45)48-22-19-34-27-36(28-35(20-23-49-42(46)9-2)40(34)21-24-50-43(47)10-3)33-13-17-37(18-14-33)44(38-15-11-29(4)31(6)25-38)39-16-12-30(5)32(7)26-39/h8-18,25-28H,1-3,19-24H2,4-7H3. The molecule has 7 nitrogen and oxygen atoms in total. The molecular formula is C43H45NO6. The van der Waals surface area contributed by atoms with Gasteiger partial charge in [-0.25, -0.2) is 14.4 Å². The summed E-state index contributed by atoms with van der Waals surface area (Å²) in [6.07, 6.45) is 4.64. The summed E-state index contributed by atoms with van der Waals surface area (Å²) in [6.45, 7) is 19.3. The summed E-state index contributed by atoms with van der Waals surface area (Å²) in [5.41, 5.74) is 12.7. The van der Waals surface area contributed by atoms with E-state index in [0.29, 0.717) is 19.3 Å². The number of rotatable bonds is 16. The van der Waals surface area contributed by atoms with E-state index < -0.39 is 17.9 Å². The smallest absolute Gasteiger partial charge is 0.330 e. The summed E-state index contributed by atoms with van der Waals surface area (Å²) in [5, 5.41) is 0. The normalized spacial score (nSPS) is 10.6. The molecule has 4 aromatic carbocycles. The van der Waals surface area contributed by atoms with Crippen LogP contribution in [0.1, 0.15) is 38.9 Å². The highest BCUT2D eigenvalue weighted by Gasteiger charge is 2.17. The molecule has 0 amide bonds. The van der Waals surface area contributed by atoms with Crippen LogP contribution in [0.3, 0.4) is 0 Å². The Labute approximate surface area is 295 Å². The lowest BCUT2D eigenvalue weighted by Crippen LogP contribution is -2.13. The van der Waals surface area contributed by atoms with Crippen LogP contribution in [0.2, 0.25) is 0 Å². The van der Waals surface area contributed by atoms with E-state index in [4.69, 9.17) is 14.2 Å². The van der Waals surface area contributed by atoms with Gasteiger partial charge in [-0.05, 0) is 114 Å². The lowest BCUT2D eigenvalue weighted by molar-refractivity contribution is -0.138. The van der Waals surface area contributed by atoms with Crippen LogP contribution in [0.4, 0.5) is 17.1 Å². The number of carbonyl (C=O) groups is 3. The predicted octanol–water partition coefficient (Wildman–Crippen LogP) is 8.87. The van der Waals surface area contributed by atoms with Crippen molar-refractivity contribution < 1.29 is 28.6 Å². The van der Waals surface area contributed by atoms with Gasteiger partial charge in [0, 0.05) is 54.6 Å². The molecule has 7 heteroatoms. The number of hydrogen-bond acceptors (Lipinski definition) is 7. The molecule has 0 aromatic heterocycles. The molecule has 0 heterocycles. The summed E-state index contributed by atoms with van der Waals surface area (Å²) in [5.74, 6) is -1.53. The Morgan fingerprint density at radius 3 is 1.32 bits per heavy atom. The Kier molecular flexibility index (Phi) is 13.1. The first-order chi connectivity index (χ1) is 24.0. The molecule has 0 bridgehead atoms. The highest BCUT2D eigenvalue weighted by molar-refractivity contribution is 5.82. The van der Waals surface area contributed by atoms with Gasteiger partial charge in [0.2, 0.25) is 0 Å². The number of carbonyl (C=O) groups excluding carboxylic acids is 3. The monoisotopic (exact) mass is 671 g/mol. The molecular weight excluding hydrogens is 626 g/mol. The average Bonchev–Trinajstić information content (AvgIpc) is 3.12. The van der Waals surface area contributed by atoms with Gasteiger partial charge in [-0.3, -0.25) is 0 Å². The summed E-state index contributed by atoms with van der Waals surface area (Å²) in [4.78, 5) is 37.8. The molecule has 0 radical (unpaired) electrons. The Morgan fingerprint density at radius 1 is 0.520 bits per heavy atom. The molecule has 0 fully saturated rings. The quantitative estimate of drug-likeness (QED) is 0.0669. The lowest BCUT2D eigenvalue weighted by atomic mass is 9.90. The third-order valence-electron chi connectivity index (χ3n) is 8.72. The number of esters is 3. The molecule has 0 unspecified atom stereocenters. The third kappa shape index (κ3) is 9.69. The molecule has 50 heavy (non-hydrogen) atoms. The van der Waals surface area contributed by atoms with Gasteiger partial charge < -0.3 is 19.1 Å². The van der Waals surface area contributed by atoms with Crippen molar-refractivity contribution in [2.75, 3.05) is 24.7 Å². The maximum absolute atomic E-state index is 11.9. The number of anilines is 3. The van der Waals surface area contributed by atoms with Gasteiger partial charge in [0.25, 0.3) is 0 Å². The lowest BCUT2D eigenvalue weighted by Gasteiger charge is -2.27. The zero-order valence-electron chi connectivity index (χ0n) is 29.4. The van der Waals surface area contributed by atoms with Crippen LogP contribution in [0, 0.1) is 27.7 Å². The molecule has 0 saturated carbocycles. The first-order valence-electron chi connectivity index (χ1n) is 16.6. The second-order valence-electron chi connectivity index (χ2n) is 12.1. The zero-order valence-corrected chi connectivity index (χ0v) is 29.4. The molecule has 258 valence electrons. The van der Waals surface area contributed by atoms with E-state index in [1.165, 1.54) is 22.3 Å². The van der Waals surface area contributed by atoms with Crippen LogP contribution in [0.5, 0.6) is 0 Å². The van der Waals surface area contributed by atoms with Gasteiger partial charge in [-0.1, -0.05) is 56.1 Å². The minimum absolute atomic E-state index is 0.130. The highest BCUT2D eigenvalue weighted by atomic mass is 16.5.